The first-order valence-corrected chi connectivity index (χ1v) is 6.58. The molecule has 1 fully saturated rings. The Morgan fingerprint density at radius 2 is 2.35 bits per heavy atom. The van der Waals surface area contributed by atoms with Gasteiger partial charge in [-0.3, -0.25) is 14.6 Å². The van der Waals surface area contributed by atoms with Crippen LogP contribution in [-0.2, 0) is 20.9 Å². The summed E-state index contributed by atoms with van der Waals surface area (Å²) in [7, 11) is 1.60. The molecule has 0 saturated carbocycles. The van der Waals surface area contributed by atoms with Crippen molar-refractivity contribution < 1.29 is 14.3 Å². The second-order valence-electron chi connectivity index (χ2n) is 4.86. The van der Waals surface area contributed by atoms with Crippen LogP contribution < -0.4 is 5.32 Å². The normalized spacial score (nSPS) is 21.8. The molecule has 2 unspecified atom stereocenters. The van der Waals surface area contributed by atoms with Crippen molar-refractivity contribution in [2.24, 2.45) is 0 Å². The van der Waals surface area contributed by atoms with Gasteiger partial charge in [0.1, 0.15) is 6.04 Å². The average Bonchev–Trinajstić information content (AvgIpc) is 2.90. The van der Waals surface area contributed by atoms with Crippen molar-refractivity contribution in [3.63, 3.8) is 0 Å². The summed E-state index contributed by atoms with van der Waals surface area (Å²) in [6.45, 7) is 2.35. The summed E-state index contributed by atoms with van der Waals surface area (Å²) >= 11 is 0. The fraction of sp³-hybridized carbons (Fsp3) is 0.500. The van der Waals surface area contributed by atoms with E-state index < -0.39 is 6.04 Å². The van der Waals surface area contributed by atoms with Crippen LogP contribution in [0.15, 0.2) is 24.5 Å². The van der Waals surface area contributed by atoms with E-state index in [0.29, 0.717) is 19.5 Å². The average molecular weight is 277 g/mol. The minimum atomic E-state index is -0.450. The van der Waals surface area contributed by atoms with Crippen LogP contribution in [0.3, 0.4) is 0 Å². The van der Waals surface area contributed by atoms with E-state index in [0.717, 1.165) is 5.56 Å². The van der Waals surface area contributed by atoms with E-state index in [2.05, 4.69) is 10.3 Å². The number of hydrogen-bond donors (Lipinski definition) is 1. The van der Waals surface area contributed by atoms with Gasteiger partial charge in [0.2, 0.25) is 11.8 Å². The van der Waals surface area contributed by atoms with Crippen LogP contribution in [0.25, 0.3) is 0 Å². The SMILES string of the molecule is COC1CC(C(=O)NCc2cccnc2)N(C(C)=O)C1. The summed E-state index contributed by atoms with van der Waals surface area (Å²) in [5, 5.41) is 2.84. The highest BCUT2D eigenvalue weighted by Gasteiger charge is 2.38. The summed E-state index contributed by atoms with van der Waals surface area (Å²) in [5.41, 5.74) is 0.927. The number of carbonyl (C=O) groups excluding carboxylic acids is 2. The number of methoxy groups -OCH3 is 1. The quantitative estimate of drug-likeness (QED) is 0.861. The van der Waals surface area contributed by atoms with Crippen molar-refractivity contribution in [2.75, 3.05) is 13.7 Å². The number of nitrogens with one attached hydrogen (secondary N) is 1. The standard InChI is InChI=1S/C14H19N3O3/c1-10(18)17-9-12(20-2)6-13(17)14(19)16-8-11-4-3-5-15-7-11/h3-5,7,12-13H,6,8-9H2,1-2H3,(H,16,19). The van der Waals surface area contributed by atoms with Gasteiger partial charge in [0.25, 0.3) is 0 Å². The van der Waals surface area contributed by atoms with E-state index in [1.807, 2.05) is 12.1 Å². The zero-order valence-corrected chi connectivity index (χ0v) is 11.7. The Balaban J connectivity index is 1.95. The van der Waals surface area contributed by atoms with Crippen LogP contribution in [0.4, 0.5) is 0 Å². The van der Waals surface area contributed by atoms with Gasteiger partial charge in [0.15, 0.2) is 0 Å². The predicted molar refractivity (Wildman–Crippen MR) is 72.7 cm³/mol. The molecule has 2 atom stereocenters. The monoisotopic (exact) mass is 277 g/mol. The van der Waals surface area contributed by atoms with Crippen molar-refractivity contribution in [1.82, 2.24) is 15.2 Å². The highest BCUT2D eigenvalue weighted by atomic mass is 16.5. The van der Waals surface area contributed by atoms with Gasteiger partial charge in [-0.05, 0) is 11.6 Å². The molecule has 1 saturated heterocycles. The van der Waals surface area contributed by atoms with Crippen LogP contribution >= 0.6 is 0 Å². The van der Waals surface area contributed by atoms with E-state index in [-0.39, 0.29) is 17.9 Å². The molecule has 2 rings (SSSR count). The molecule has 0 spiro atoms. The molecule has 0 aromatic carbocycles. The number of amides is 2. The van der Waals surface area contributed by atoms with Crippen LogP contribution in [0.5, 0.6) is 0 Å². The van der Waals surface area contributed by atoms with Gasteiger partial charge in [-0.1, -0.05) is 6.07 Å². The van der Waals surface area contributed by atoms with Crippen molar-refractivity contribution >= 4 is 11.8 Å². The molecule has 0 radical (unpaired) electrons. The summed E-state index contributed by atoms with van der Waals surface area (Å²) in [6, 6.07) is 3.26. The first-order chi connectivity index (χ1) is 9.61. The zero-order chi connectivity index (χ0) is 14.5. The highest BCUT2D eigenvalue weighted by molar-refractivity contribution is 5.87. The molecule has 1 aromatic rings. The maximum atomic E-state index is 12.2. The number of likely N-dealkylation sites (tertiary alicyclic amines) is 1. The number of carbonyl (C=O) groups is 2. The van der Waals surface area contributed by atoms with E-state index in [1.54, 1.807) is 24.4 Å². The summed E-state index contributed by atoms with van der Waals surface area (Å²) in [4.78, 5) is 29.3. The van der Waals surface area contributed by atoms with Gasteiger partial charge >= 0.3 is 0 Å². The lowest BCUT2D eigenvalue weighted by Gasteiger charge is -2.22. The van der Waals surface area contributed by atoms with Gasteiger partial charge < -0.3 is 15.0 Å². The van der Waals surface area contributed by atoms with Gasteiger partial charge in [0, 0.05) is 45.9 Å². The lowest BCUT2D eigenvalue weighted by molar-refractivity contribution is -0.137. The Kier molecular flexibility index (Phi) is 4.68. The van der Waals surface area contributed by atoms with E-state index >= 15 is 0 Å². The van der Waals surface area contributed by atoms with Crippen LogP contribution in [-0.4, -0.2) is 47.5 Å². The third kappa shape index (κ3) is 3.33. The molecule has 1 aliphatic rings. The lowest BCUT2D eigenvalue weighted by atomic mass is 10.1. The first-order valence-electron chi connectivity index (χ1n) is 6.58. The van der Waals surface area contributed by atoms with E-state index in [1.165, 1.54) is 6.92 Å². The van der Waals surface area contributed by atoms with E-state index in [9.17, 15) is 9.59 Å². The molecule has 6 heteroatoms. The molecule has 6 nitrogen and oxygen atoms in total. The fourth-order valence-corrected chi connectivity index (χ4v) is 2.37. The fourth-order valence-electron chi connectivity index (χ4n) is 2.37. The lowest BCUT2D eigenvalue weighted by Crippen LogP contribution is -2.44. The maximum absolute atomic E-state index is 12.2. The number of ether oxygens (including phenoxy) is 1. The van der Waals surface area contributed by atoms with Crippen molar-refractivity contribution in [3.8, 4) is 0 Å². The molecule has 2 heterocycles. The third-order valence-electron chi connectivity index (χ3n) is 3.49. The molecule has 20 heavy (non-hydrogen) atoms. The topological polar surface area (TPSA) is 71.5 Å². The second kappa shape index (κ2) is 6.47. The molecule has 2 amide bonds. The van der Waals surface area contributed by atoms with Gasteiger partial charge in [-0.2, -0.15) is 0 Å². The Hall–Kier alpha value is -1.95. The second-order valence-corrected chi connectivity index (χ2v) is 4.86. The van der Waals surface area contributed by atoms with Gasteiger partial charge in [-0.15, -0.1) is 0 Å². The largest absolute Gasteiger partial charge is 0.380 e. The van der Waals surface area contributed by atoms with E-state index in [4.69, 9.17) is 4.74 Å². The number of pyridine rings is 1. The number of aromatic nitrogens is 1. The number of hydrogen-bond acceptors (Lipinski definition) is 4. The van der Waals surface area contributed by atoms with Gasteiger partial charge in [0.05, 0.1) is 6.10 Å². The highest BCUT2D eigenvalue weighted by Crippen LogP contribution is 2.20. The molecule has 0 aliphatic carbocycles. The summed E-state index contributed by atoms with van der Waals surface area (Å²) in [6.07, 6.45) is 3.85. The summed E-state index contributed by atoms with van der Waals surface area (Å²) in [5.74, 6) is -0.255. The minimum Gasteiger partial charge on any atom is -0.380 e. The molecule has 108 valence electrons. The minimum absolute atomic E-state index is 0.0759. The molecular formula is C14H19N3O3. The van der Waals surface area contributed by atoms with Gasteiger partial charge in [-0.25, -0.2) is 0 Å². The van der Waals surface area contributed by atoms with Crippen molar-refractivity contribution in [3.05, 3.63) is 30.1 Å². The molecule has 1 aliphatic heterocycles. The number of nitrogens with zero attached hydrogens (tertiary/aromatic N) is 2. The Morgan fingerprint density at radius 1 is 1.55 bits per heavy atom. The first kappa shape index (κ1) is 14.5. The third-order valence-corrected chi connectivity index (χ3v) is 3.49. The van der Waals surface area contributed by atoms with Crippen molar-refractivity contribution in [1.29, 1.82) is 0 Å². The van der Waals surface area contributed by atoms with Crippen LogP contribution in [0, 0.1) is 0 Å². The molecule has 1 N–H and O–H groups in total. The summed E-state index contributed by atoms with van der Waals surface area (Å²) < 4.78 is 5.25. The Labute approximate surface area is 118 Å². The van der Waals surface area contributed by atoms with Crippen LogP contribution in [0.1, 0.15) is 18.9 Å². The van der Waals surface area contributed by atoms with Crippen LogP contribution in [0.2, 0.25) is 0 Å². The Morgan fingerprint density at radius 3 is 2.95 bits per heavy atom. The smallest absolute Gasteiger partial charge is 0.243 e. The molecular weight excluding hydrogens is 258 g/mol. The maximum Gasteiger partial charge on any atom is 0.243 e. The zero-order valence-electron chi connectivity index (χ0n) is 11.7. The molecule has 1 aromatic heterocycles. The Bertz CT molecular complexity index is 478. The predicted octanol–water partition coefficient (Wildman–Crippen LogP) is 0.334. The van der Waals surface area contributed by atoms with Crippen molar-refractivity contribution in [2.45, 2.75) is 32.0 Å². The molecule has 0 bridgehead atoms. The number of rotatable bonds is 4.